The van der Waals surface area contributed by atoms with Gasteiger partial charge in [-0.25, -0.2) is 4.98 Å². The molecule has 0 atom stereocenters. The van der Waals surface area contributed by atoms with E-state index in [0.717, 1.165) is 47.1 Å². The van der Waals surface area contributed by atoms with Crippen LogP contribution in [0.15, 0.2) is 18.2 Å². The molecule has 3 heterocycles. The van der Waals surface area contributed by atoms with Crippen LogP contribution in [0, 0.1) is 13.8 Å². The SMILES string of the molecule is Cc1cc2cc3c(N)c(C(=O)N4CCCCC4)sc3nc2cc1C. The Morgan fingerprint density at radius 2 is 1.83 bits per heavy atom. The van der Waals surface area contributed by atoms with Crippen LogP contribution in [0.1, 0.15) is 40.1 Å². The Morgan fingerprint density at radius 3 is 2.58 bits per heavy atom. The molecule has 2 aromatic heterocycles. The summed E-state index contributed by atoms with van der Waals surface area (Å²) in [7, 11) is 0. The summed E-state index contributed by atoms with van der Waals surface area (Å²) in [6, 6.07) is 6.31. The molecule has 24 heavy (non-hydrogen) atoms. The number of thiophene rings is 1. The lowest BCUT2D eigenvalue weighted by Crippen LogP contribution is -2.35. The fourth-order valence-corrected chi connectivity index (χ4v) is 4.42. The van der Waals surface area contributed by atoms with Gasteiger partial charge in [0.15, 0.2) is 0 Å². The van der Waals surface area contributed by atoms with Crippen LogP contribution in [0.2, 0.25) is 0 Å². The van der Waals surface area contributed by atoms with Gasteiger partial charge in [0.25, 0.3) is 5.91 Å². The molecule has 0 saturated carbocycles. The van der Waals surface area contributed by atoms with E-state index in [9.17, 15) is 4.79 Å². The molecule has 1 aromatic carbocycles. The number of pyridine rings is 1. The Labute approximate surface area is 145 Å². The molecular formula is C19H21N3OS. The quantitative estimate of drug-likeness (QED) is 0.720. The molecule has 0 aliphatic carbocycles. The molecule has 1 aliphatic heterocycles. The van der Waals surface area contributed by atoms with Crippen LogP contribution in [-0.4, -0.2) is 28.9 Å². The second-order valence-corrected chi connectivity index (χ2v) is 7.67. The number of hydrogen-bond acceptors (Lipinski definition) is 4. The molecule has 0 bridgehead atoms. The van der Waals surface area contributed by atoms with Crippen molar-refractivity contribution in [2.75, 3.05) is 18.8 Å². The normalized spacial score (nSPS) is 15.3. The van der Waals surface area contributed by atoms with Crippen LogP contribution < -0.4 is 5.73 Å². The van der Waals surface area contributed by atoms with E-state index in [0.29, 0.717) is 10.6 Å². The second-order valence-electron chi connectivity index (χ2n) is 6.67. The largest absolute Gasteiger partial charge is 0.397 e. The summed E-state index contributed by atoms with van der Waals surface area (Å²) in [5, 5.41) is 1.98. The molecule has 4 rings (SSSR count). The highest BCUT2D eigenvalue weighted by Crippen LogP contribution is 2.36. The number of aryl methyl sites for hydroxylation is 2. The lowest BCUT2D eigenvalue weighted by atomic mass is 10.1. The summed E-state index contributed by atoms with van der Waals surface area (Å²) < 4.78 is 0. The topological polar surface area (TPSA) is 59.2 Å². The van der Waals surface area contributed by atoms with Crippen molar-refractivity contribution in [1.82, 2.24) is 9.88 Å². The Kier molecular flexibility index (Phi) is 3.68. The maximum atomic E-state index is 12.8. The van der Waals surface area contributed by atoms with Gasteiger partial charge in [-0.1, -0.05) is 0 Å². The fourth-order valence-electron chi connectivity index (χ4n) is 3.37. The zero-order chi connectivity index (χ0) is 16.8. The van der Waals surface area contributed by atoms with E-state index in [2.05, 4.69) is 32.0 Å². The standard InChI is InChI=1S/C19H21N3OS/c1-11-8-13-10-14-16(20)17(19(23)22-6-4-3-5-7-22)24-18(14)21-15(13)9-12(11)2/h8-10H,3-7,20H2,1-2H3. The number of piperidine rings is 1. The van der Waals surface area contributed by atoms with Crippen LogP contribution in [0.3, 0.4) is 0 Å². The number of rotatable bonds is 1. The van der Waals surface area contributed by atoms with Crippen molar-refractivity contribution >= 4 is 44.1 Å². The molecular weight excluding hydrogens is 318 g/mol. The van der Waals surface area contributed by atoms with Crippen molar-refractivity contribution in [1.29, 1.82) is 0 Å². The van der Waals surface area contributed by atoms with Crippen LogP contribution in [-0.2, 0) is 0 Å². The van der Waals surface area contributed by atoms with E-state index in [1.54, 1.807) is 0 Å². The van der Waals surface area contributed by atoms with Crippen LogP contribution >= 0.6 is 11.3 Å². The van der Waals surface area contributed by atoms with Crippen molar-refractivity contribution in [2.45, 2.75) is 33.1 Å². The number of aromatic nitrogens is 1. The summed E-state index contributed by atoms with van der Waals surface area (Å²) >= 11 is 1.42. The number of carbonyl (C=O) groups is 1. The maximum absolute atomic E-state index is 12.8. The Balaban J connectivity index is 1.84. The van der Waals surface area contributed by atoms with Crippen molar-refractivity contribution < 1.29 is 4.79 Å². The molecule has 1 aliphatic rings. The first-order valence-electron chi connectivity index (χ1n) is 8.44. The first-order valence-corrected chi connectivity index (χ1v) is 9.25. The van der Waals surface area contributed by atoms with Gasteiger partial charge < -0.3 is 10.6 Å². The minimum Gasteiger partial charge on any atom is -0.397 e. The van der Waals surface area contributed by atoms with Gasteiger partial charge in [0, 0.05) is 23.9 Å². The molecule has 0 radical (unpaired) electrons. The third-order valence-corrected chi connectivity index (χ3v) is 6.07. The number of nitrogen functional groups attached to an aromatic ring is 1. The van der Waals surface area contributed by atoms with Crippen LogP contribution in [0.25, 0.3) is 21.1 Å². The summed E-state index contributed by atoms with van der Waals surface area (Å²) in [5.41, 5.74) is 10.3. The molecule has 1 fully saturated rings. The van der Waals surface area contributed by atoms with Crippen molar-refractivity contribution in [3.63, 3.8) is 0 Å². The van der Waals surface area contributed by atoms with Crippen molar-refractivity contribution in [3.8, 4) is 0 Å². The van der Waals surface area contributed by atoms with E-state index < -0.39 is 0 Å². The first kappa shape index (κ1) is 15.4. The van der Waals surface area contributed by atoms with Gasteiger partial charge in [-0.2, -0.15) is 0 Å². The van der Waals surface area contributed by atoms with E-state index >= 15 is 0 Å². The Morgan fingerprint density at radius 1 is 1.12 bits per heavy atom. The number of nitrogens with zero attached hydrogens (tertiary/aromatic N) is 2. The number of fused-ring (bicyclic) bond motifs is 2. The van der Waals surface area contributed by atoms with E-state index in [4.69, 9.17) is 10.7 Å². The summed E-state index contributed by atoms with van der Waals surface area (Å²) in [5.74, 6) is 0.0617. The number of benzene rings is 1. The zero-order valence-corrected chi connectivity index (χ0v) is 14.9. The molecule has 0 unspecified atom stereocenters. The van der Waals surface area contributed by atoms with E-state index in [1.807, 2.05) is 4.90 Å². The smallest absolute Gasteiger partial charge is 0.266 e. The zero-order valence-electron chi connectivity index (χ0n) is 14.1. The van der Waals surface area contributed by atoms with E-state index in [1.165, 1.54) is 28.9 Å². The average molecular weight is 339 g/mol. The number of amides is 1. The van der Waals surface area contributed by atoms with Gasteiger partial charge in [-0.15, -0.1) is 11.3 Å². The third kappa shape index (κ3) is 2.44. The number of likely N-dealkylation sites (tertiary alicyclic amines) is 1. The lowest BCUT2D eigenvalue weighted by Gasteiger charge is -2.26. The molecule has 124 valence electrons. The maximum Gasteiger partial charge on any atom is 0.266 e. The number of anilines is 1. The fraction of sp³-hybridized carbons (Fsp3) is 0.368. The number of hydrogen-bond donors (Lipinski definition) is 1. The Bertz CT molecular complexity index is 954. The minimum atomic E-state index is 0.0617. The molecule has 5 heteroatoms. The Hall–Kier alpha value is -2.14. The highest BCUT2D eigenvalue weighted by molar-refractivity contribution is 7.21. The molecule has 2 N–H and O–H groups in total. The van der Waals surface area contributed by atoms with Gasteiger partial charge in [-0.05, 0) is 62.4 Å². The third-order valence-electron chi connectivity index (χ3n) is 4.97. The molecule has 3 aromatic rings. The first-order chi connectivity index (χ1) is 11.5. The molecule has 1 amide bonds. The molecule has 1 saturated heterocycles. The number of carbonyl (C=O) groups excluding carboxylic acids is 1. The van der Waals surface area contributed by atoms with Gasteiger partial charge in [0.2, 0.25) is 0 Å². The predicted octanol–water partition coefficient (Wildman–Crippen LogP) is 4.27. The monoisotopic (exact) mass is 339 g/mol. The highest BCUT2D eigenvalue weighted by atomic mass is 32.1. The van der Waals surface area contributed by atoms with Gasteiger partial charge in [0.1, 0.15) is 9.71 Å². The van der Waals surface area contributed by atoms with Crippen LogP contribution in [0.4, 0.5) is 5.69 Å². The highest BCUT2D eigenvalue weighted by Gasteiger charge is 2.24. The van der Waals surface area contributed by atoms with Crippen LogP contribution in [0.5, 0.6) is 0 Å². The van der Waals surface area contributed by atoms with Gasteiger partial charge in [0.05, 0.1) is 11.2 Å². The predicted molar refractivity (Wildman–Crippen MR) is 101 cm³/mol. The summed E-state index contributed by atoms with van der Waals surface area (Å²) in [4.78, 5) is 21.0. The van der Waals surface area contributed by atoms with Crippen molar-refractivity contribution in [3.05, 3.63) is 34.2 Å². The average Bonchev–Trinajstić information content (AvgIpc) is 2.90. The lowest BCUT2D eigenvalue weighted by molar-refractivity contribution is 0.0730. The van der Waals surface area contributed by atoms with Gasteiger partial charge in [-0.3, -0.25) is 4.79 Å². The minimum absolute atomic E-state index is 0.0617. The summed E-state index contributed by atoms with van der Waals surface area (Å²) in [6.07, 6.45) is 3.37. The number of nitrogens with two attached hydrogens (primary N) is 1. The van der Waals surface area contributed by atoms with Gasteiger partial charge >= 0.3 is 0 Å². The molecule has 4 nitrogen and oxygen atoms in total. The second kappa shape index (κ2) is 5.74. The summed E-state index contributed by atoms with van der Waals surface area (Å²) in [6.45, 7) is 5.86. The van der Waals surface area contributed by atoms with E-state index in [-0.39, 0.29) is 5.91 Å². The van der Waals surface area contributed by atoms with Crippen molar-refractivity contribution in [2.24, 2.45) is 0 Å². The molecule has 0 spiro atoms.